The average Bonchev–Trinajstić information content (AvgIpc) is 2.77. The number of nitrogens with zero attached hydrogens (tertiary/aromatic N) is 2. The zero-order valence-corrected chi connectivity index (χ0v) is 11.7. The summed E-state index contributed by atoms with van der Waals surface area (Å²) in [6, 6.07) is 0. The van der Waals surface area contributed by atoms with Gasteiger partial charge in [-0.2, -0.15) is 0 Å². The molecule has 4 rings (SSSR count). The van der Waals surface area contributed by atoms with Gasteiger partial charge < -0.3 is 0 Å². The van der Waals surface area contributed by atoms with Crippen molar-refractivity contribution in [1.82, 2.24) is 9.55 Å². The Hall–Kier alpha value is -0.980. The molecule has 0 aromatic carbocycles. The van der Waals surface area contributed by atoms with E-state index in [1.165, 1.54) is 4.53 Å². The minimum atomic E-state index is 0.0625. The molecular weight excluding hydrogens is 284 g/mol. The lowest BCUT2D eigenvalue weighted by Crippen LogP contribution is -2.28. The van der Waals surface area contributed by atoms with Gasteiger partial charge in [-0.3, -0.25) is 9.36 Å². The summed E-state index contributed by atoms with van der Waals surface area (Å²) in [4.78, 5) is 18.0. The predicted octanol–water partition coefficient (Wildman–Crippen LogP) is 1.30. The van der Waals surface area contributed by atoms with Crippen molar-refractivity contribution in [3.05, 3.63) is 26.2 Å². The lowest BCUT2D eigenvalue weighted by molar-refractivity contribution is 0.858. The Morgan fingerprint density at radius 1 is 1.33 bits per heavy atom. The molecule has 2 aliphatic heterocycles. The number of thiophene rings is 1. The molecule has 0 spiro atoms. The highest BCUT2D eigenvalue weighted by molar-refractivity contribution is 8.07. The maximum absolute atomic E-state index is 12.5. The molecule has 2 aromatic heterocycles. The van der Waals surface area contributed by atoms with Gasteiger partial charge in [0.15, 0.2) is 5.16 Å². The topological polar surface area (TPSA) is 34.9 Å². The Balaban J connectivity index is 2.26. The van der Waals surface area contributed by atoms with Crippen LogP contribution in [0.15, 0.2) is 16.0 Å². The highest BCUT2D eigenvalue weighted by Crippen LogP contribution is 2.21. The molecule has 0 saturated heterocycles. The zero-order chi connectivity index (χ0) is 12.1. The molecule has 4 heterocycles. The van der Waals surface area contributed by atoms with E-state index in [1.807, 2.05) is 12.3 Å². The average molecular weight is 292 g/mol. The van der Waals surface area contributed by atoms with Gasteiger partial charge >= 0.3 is 0 Å². The second-order valence-corrected chi connectivity index (χ2v) is 6.90. The van der Waals surface area contributed by atoms with E-state index in [0.717, 1.165) is 32.1 Å². The molecule has 0 bridgehead atoms. The molecule has 6 heteroatoms. The Bertz CT molecular complexity index is 860. The third-order valence-electron chi connectivity index (χ3n) is 2.93. The van der Waals surface area contributed by atoms with Crippen LogP contribution in [0.25, 0.3) is 27.9 Å². The van der Waals surface area contributed by atoms with E-state index in [-0.39, 0.29) is 5.56 Å². The first-order chi connectivity index (χ1) is 8.84. The summed E-state index contributed by atoms with van der Waals surface area (Å²) in [7, 11) is 0. The van der Waals surface area contributed by atoms with Crippen molar-refractivity contribution in [2.75, 3.05) is 11.5 Å². The molecule has 90 valence electrons. The van der Waals surface area contributed by atoms with Crippen molar-refractivity contribution in [3.63, 3.8) is 0 Å². The van der Waals surface area contributed by atoms with Gasteiger partial charge in [0.1, 0.15) is 4.83 Å². The summed E-state index contributed by atoms with van der Waals surface area (Å²) in [5, 5.41) is 4.79. The highest BCUT2D eigenvalue weighted by Gasteiger charge is 2.15. The lowest BCUT2D eigenvalue weighted by atomic mass is 10.3. The van der Waals surface area contributed by atoms with E-state index in [0.29, 0.717) is 0 Å². The maximum Gasteiger partial charge on any atom is 0.267 e. The van der Waals surface area contributed by atoms with E-state index < -0.39 is 0 Å². The fraction of sp³-hybridized carbons (Fsp3) is 0.167. The van der Waals surface area contributed by atoms with Crippen LogP contribution < -0.4 is 15.3 Å². The first kappa shape index (κ1) is 10.9. The Morgan fingerprint density at radius 2 is 2.28 bits per heavy atom. The van der Waals surface area contributed by atoms with Gasteiger partial charge in [-0.25, -0.2) is 4.98 Å². The van der Waals surface area contributed by atoms with Crippen LogP contribution in [-0.4, -0.2) is 21.1 Å². The van der Waals surface area contributed by atoms with E-state index in [1.54, 1.807) is 39.4 Å². The largest absolute Gasteiger partial charge is 0.268 e. The smallest absolute Gasteiger partial charge is 0.267 e. The first-order valence-electron chi connectivity index (χ1n) is 5.51. The fourth-order valence-corrected chi connectivity index (χ4v) is 4.93. The van der Waals surface area contributed by atoms with Crippen LogP contribution in [0.3, 0.4) is 0 Å². The summed E-state index contributed by atoms with van der Waals surface area (Å²) in [5.74, 6) is 1.82. The van der Waals surface area contributed by atoms with Crippen LogP contribution in [-0.2, 0) is 0 Å². The second-order valence-electron chi connectivity index (χ2n) is 3.98. The van der Waals surface area contributed by atoms with Crippen molar-refractivity contribution >= 4 is 62.8 Å². The number of thioether (sulfide) groups is 2. The zero-order valence-electron chi connectivity index (χ0n) is 9.25. The van der Waals surface area contributed by atoms with Crippen molar-refractivity contribution in [3.8, 4) is 0 Å². The Kier molecular flexibility index (Phi) is 2.43. The van der Waals surface area contributed by atoms with E-state index >= 15 is 0 Å². The third kappa shape index (κ3) is 1.46. The summed E-state index contributed by atoms with van der Waals surface area (Å²) < 4.78 is 2.84. The fourth-order valence-electron chi connectivity index (χ4n) is 2.13. The van der Waals surface area contributed by atoms with Gasteiger partial charge in [0.05, 0.1) is 5.39 Å². The molecule has 3 nitrogen and oxygen atoms in total. The predicted molar refractivity (Wildman–Crippen MR) is 80.6 cm³/mol. The quantitative estimate of drug-likeness (QED) is 0.686. The third-order valence-corrected chi connectivity index (χ3v) is 5.79. The summed E-state index contributed by atoms with van der Waals surface area (Å²) in [6.45, 7) is 0. The van der Waals surface area contributed by atoms with Crippen LogP contribution in [0.4, 0.5) is 0 Å². The van der Waals surface area contributed by atoms with Crippen LogP contribution >= 0.6 is 34.9 Å². The molecule has 0 fully saturated rings. The van der Waals surface area contributed by atoms with E-state index in [2.05, 4.69) is 16.5 Å². The normalized spacial score (nSPS) is 16.9. The van der Waals surface area contributed by atoms with Crippen LogP contribution in [0, 0.1) is 0 Å². The molecule has 2 aliphatic rings. The summed E-state index contributed by atoms with van der Waals surface area (Å²) >= 11 is 4.99. The molecule has 18 heavy (non-hydrogen) atoms. The van der Waals surface area contributed by atoms with Gasteiger partial charge in [0.25, 0.3) is 5.56 Å². The van der Waals surface area contributed by atoms with Crippen molar-refractivity contribution < 1.29 is 0 Å². The molecule has 0 aliphatic carbocycles. The van der Waals surface area contributed by atoms with Crippen LogP contribution in [0.2, 0.25) is 0 Å². The standard InChI is InChI=1S/C12H8N2OS3/c15-11-9-7-2-5-16-6-8(7)18-10(9)13-12-14(11)3-1-4-17-12/h1-3,6H,4-5H2. The van der Waals surface area contributed by atoms with Gasteiger partial charge in [-0.1, -0.05) is 23.9 Å². The minimum absolute atomic E-state index is 0.0625. The molecule has 2 aromatic rings. The van der Waals surface area contributed by atoms with Crippen LogP contribution in [0.5, 0.6) is 0 Å². The molecule has 0 amide bonds. The molecule has 0 unspecified atom stereocenters. The van der Waals surface area contributed by atoms with Crippen molar-refractivity contribution in [2.45, 2.75) is 5.16 Å². The van der Waals surface area contributed by atoms with Gasteiger partial charge in [-0.05, 0) is 5.41 Å². The molecule has 0 saturated carbocycles. The number of hydrogen-bond donors (Lipinski definition) is 0. The maximum atomic E-state index is 12.5. The molecule has 0 N–H and O–H groups in total. The summed E-state index contributed by atoms with van der Waals surface area (Å²) in [5.41, 5.74) is 0.0625. The Labute approximate surface area is 115 Å². The number of fused-ring (bicyclic) bond motifs is 4. The van der Waals surface area contributed by atoms with E-state index in [9.17, 15) is 4.79 Å². The Morgan fingerprint density at radius 3 is 3.22 bits per heavy atom. The van der Waals surface area contributed by atoms with Crippen molar-refractivity contribution in [2.24, 2.45) is 0 Å². The second kappa shape index (κ2) is 4.01. The van der Waals surface area contributed by atoms with Crippen LogP contribution in [0.1, 0.15) is 0 Å². The monoisotopic (exact) mass is 292 g/mol. The number of hydrogen-bond acceptors (Lipinski definition) is 5. The number of aromatic nitrogens is 2. The minimum Gasteiger partial charge on any atom is -0.268 e. The number of rotatable bonds is 0. The SMILES string of the molecule is O=c1c2c3c(sc2nc2n1C=CCS2)=CSCC=3. The first-order valence-corrected chi connectivity index (χ1v) is 8.36. The van der Waals surface area contributed by atoms with Crippen molar-refractivity contribution in [1.29, 1.82) is 0 Å². The van der Waals surface area contributed by atoms with Gasteiger partial charge in [-0.15, -0.1) is 23.1 Å². The molecule has 0 atom stereocenters. The lowest BCUT2D eigenvalue weighted by Gasteiger charge is -2.10. The summed E-state index contributed by atoms with van der Waals surface area (Å²) in [6.07, 6.45) is 5.97. The van der Waals surface area contributed by atoms with Gasteiger partial charge in [0, 0.05) is 27.5 Å². The molecular formula is C12H8N2OS3. The van der Waals surface area contributed by atoms with E-state index in [4.69, 9.17) is 0 Å². The van der Waals surface area contributed by atoms with Gasteiger partial charge in [0.2, 0.25) is 0 Å². The highest BCUT2D eigenvalue weighted by atomic mass is 32.2. The molecule has 0 radical (unpaired) electrons.